The highest BCUT2D eigenvalue weighted by molar-refractivity contribution is 6.00. The van der Waals surface area contributed by atoms with Crippen LogP contribution in [0.2, 0.25) is 0 Å². The Bertz CT molecular complexity index is 584. The summed E-state index contributed by atoms with van der Waals surface area (Å²) in [5.74, 6) is -0.0767. The summed E-state index contributed by atoms with van der Waals surface area (Å²) in [6.45, 7) is 6.67. The van der Waals surface area contributed by atoms with Crippen LogP contribution in [0.25, 0.3) is 0 Å². The molecule has 1 aromatic rings. The lowest BCUT2D eigenvalue weighted by Crippen LogP contribution is -2.25. The van der Waals surface area contributed by atoms with Gasteiger partial charge in [-0.15, -0.1) is 0 Å². The second-order valence-corrected chi connectivity index (χ2v) is 5.36. The van der Waals surface area contributed by atoms with Crippen molar-refractivity contribution < 1.29 is 14.0 Å². The van der Waals surface area contributed by atoms with Gasteiger partial charge >= 0.3 is 0 Å². The first-order valence-corrected chi connectivity index (χ1v) is 7.43. The fourth-order valence-corrected chi connectivity index (χ4v) is 2.18. The number of carbonyl (C=O) groups is 2. The van der Waals surface area contributed by atoms with Gasteiger partial charge in [-0.3, -0.25) is 14.9 Å². The molecule has 0 aliphatic carbocycles. The van der Waals surface area contributed by atoms with Crippen LogP contribution in [0, 0.1) is 18.3 Å². The third-order valence-corrected chi connectivity index (χ3v) is 3.42. The number of furan rings is 1. The van der Waals surface area contributed by atoms with Crippen LogP contribution in [-0.2, 0) is 4.79 Å². The number of Topliss-reactive ketones (excluding diaryl/α,β-unsaturated/α-hetero) is 1. The summed E-state index contributed by atoms with van der Waals surface area (Å²) in [7, 11) is 1.97. The maximum atomic E-state index is 12.0. The predicted molar refractivity (Wildman–Crippen MR) is 83.8 cm³/mol. The molecular formula is C16H23N3O3. The number of ketones is 1. The number of amides is 1. The molecule has 0 aliphatic rings. The zero-order valence-electron chi connectivity index (χ0n) is 13.7. The van der Waals surface area contributed by atoms with E-state index >= 15 is 0 Å². The topological polar surface area (TPSA) is 86.3 Å². The number of nitriles is 1. The van der Waals surface area contributed by atoms with Gasteiger partial charge in [0.1, 0.15) is 17.4 Å². The van der Waals surface area contributed by atoms with Crippen molar-refractivity contribution in [2.24, 2.45) is 0 Å². The van der Waals surface area contributed by atoms with E-state index in [1.54, 1.807) is 6.92 Å². The molecular weight excluding hydrogens is 282 g/mol. The second kappa shape index (κ2) is 8.35. The molecule has 6 heteroatoms. The summed E-state index contributed by atoms with van der Waals surface area (Å²) in [6, 6.07) is 1.92. The van der Waals surface area contributed by atoms with Crippen LogP contribution in [0.3, 0.4) is 0 Å². The number of hydrogen-bond acceptors (Lipinski definition) is 5. The van der Waals surface area contributed by atoms with E-state index in [0.717, 1.165) is 19.4 Å². The van der Waals surface area contributed by atoms with Crippen molar-refractivity contribution in [3.8, 4) is 6.07 Å². The van der Waals surface area contributed by atoms with Crippen molar-refractivity contribution in [3.05, 3.63) is 16.9 Å². The fourth-order valence-electron chi connectivity index (χ4n) is 2.18. The Hall–Kier alpha value is -2.13. The van der Waals surface area contributed by atoms with Crippen LogP contribution >= 0.6 is 0 Å². The molecule has 0 fully saturated rings. The Labute approximate surface area is 131 Å². The largest absolute Gasteiger partial charge is 0.443 e. The summed E-state index contributed by atoms with van der Waals surface area (Å²) in [5.41, 5.74) is 0.329. The van der Waals surface area contributed by atoms with E-state index in [0.29, 0.717) is 18.7 Å². The van der Waals surface area contributed by atoms with E-state index in [-0.39, 0.29) is 28.7 Å². The average Bonchev–Trinajstić information content (AvgIpc) is 2.78. The van der Waals surface area contributed by atoms with Gasteiger partial charge in [-0.05, 0) is 33.9 Å². The predicted octanol–water partition coefficient (Wildman–Crippen LogP) is 2.72. The first-order valence-electron chi connectivity index (χ1n) is 7.43. The van der Waals surface area contributed by atoms with E-state index in [1.807, 2.05) is 13.1 Å². The molecule has 1 rings (SSSR count). The molecule has 0 bridgehead atoms. The maximum absolute atomic E-state index is 12.0. The summed E-state index contributed by atoms with van der Waals surface area (Å²) in [4.78, 5) is 25.6. The van der Waals surface area contributed by atoms with Crippen molar-refractivity contribution in [1.82, 2.24) is 4.90 Å². The first kappa shape index (κ1) is 17.9. The quantitative estimate of drug-likeness (QED) is 0.746. The molecule has 0 aromatic carbocycles. The highest BCUT2D eigenvalue weighted by atomic mass is 16.4. The molecule has 0 atom stereocenters. The highest BCUT2D eigenvalue weighted by Gasteiger charge is 2.22. The van der Waals surface area contributed by atoms with Crippen molar-refractivity contribution in [2.75, 3.05) is 25.5 Å². The van der Waals surface area contributed by atoms with Gasteiger partial charge in [0.15, 0.2) is 5.78 Å². The van der Waals surface area contributed by atoms with E-state index < -0.39 is 0 Å². The lowest BCUT2D eigenvalue weighted by Gasteiger charge is -2.15. The van der Waals surface area contributed by atoms with Crippen molar-refractivity contribution in [2.45, 2.75) is 40.0 Å². The monoisotopic (exact) mass is 305 g/mol. The SMILES string of the molecule is CCCCN(C)CCC(=O)Nc1oc(C)c(C(C)=O)c1C#N. The Morgan fingerprint density at radius 3 is 2.59 bits per heavy atom. The summed E-state index contributed by atoms with van der Waals surface area (Å²) in [6.07, 6.45) is 2.51. The van der Waals surface area contributed by atoms with Crippen molar-refractivity contribution in [1.29, 1.82) is 5.26 Å². The molecule has 0 unspecified atom stereocenters. The zero-order chi connectivity index (χ0) is 16.7. The van der Waals surface area contributed by atoms with E-state index in [1.165, 1.54) is 6.92 Å². The van der Waals surface area contributed by atoms with Gasteiger partial charge in [-0.2, -0.15) is 5.26 Å². The lowest BCUT2D eigenvalue weighted by atomic mass is 10.1. The minimum atomic E-state index is -0.252. The normalized spacial score (nSPS) is 10.5. The second-order valence-electron chi connectivity index (χ2n) is 5.36. The van der Waals surface area contributed by atoms with Gasteiger partial charge < -0.3 is 9.32 Å². The minimum absolute atomic E-state index is 0.0615. The molecule has 120 valence electrons. The minimum Gasteiger partial charge on any atom is -0.443 e. The number of carbonyl (C=O) groups excluding carboxylic acids is 2. The van der Waals surface area contributed by atoms with Gasteiger partial charge in [0.25, 0.3) is 0 Å². The van der Waals surface area contributed by atoms with E-state index in [2.05, 4.69) is 17.1 Å². The standard InChI is InChI=1S/C16H23N3O3/c1-5-6-8-19(4)9-7-14(21)18-16-13(10-17)15(11(2)20)12(3)22-16/h5-9H2,1-4H3,(H,18,21). The number of nitrogens with zero attached hydrogens (tertiary/aromatic N) is 2. The molecule has 1 heterocycles. The third kappa shape index (κ3) is 4.71. The van der Waals surface area contributed by atoms with Gasteiger partial charge in [0, 0.05) is 13.0 Å². The van der Waals surface area contributed by atoms with Crippen LogP contribution in [0.1, 0.15) is 54.8 Å². The number of nitrogens with one attached hydrogen (secondary N) is 1. The number of anilines is 1. The highest BCUT2D eigenvalue weighted by Crippen LogP contribution is 2.26. The number of hydrogen-bond donors (Lipinski definition) is 1. The Balaban J connectivity index is 2.68. The molecule has 1 aromatic heterocycles. The molecule has 0 saturated carbocycles. The van der Waals surface area contributed by atoms with E-state index in [4.69, 9.17) is 9.68 Å². The number of unbranched alkanes of at least 4 members (excludes halogenated alkanes) is 1. The van der Waals surface area contributed by atoms with Crippen molar-refractivity contribution >= 4 is 17.6 Å². The average molecular weight is 305 g/mol. The molecule has 1 N–H and O–H groups in total. The summed E-state index contributed by atoms with van der Waals surface area (Å²) in [5, 5.41) is 11.7. The molecule has 22 heavy (non-hydrogen) atoms. The van der Waals surface area contributed by atoms with E-state index in [9.17, 15) is 9.59 Å². The Morgan fingerprint density at radius 1 is 1.36 bits per heavy atom. The van der Waals surface area contributed by atoms with Gasteiger partial charge in [0.05, 0.1) is 5.56 Å². The first-order chi connectivity index (χ1) is 10.4. The summed E-state index contributed by atoms with van der Waals surface area (Å²) >= 11 is 0. The molecule has 1 amide bonds. The smallest absolute Gasteiger partial charge is 0.228 e. The molecule has 0 saturated heterocycles. The Kier molecular flexibility index (Phi) is 6.80. The molecule has 6 nitrogen and oxygen atoms in total. The number of aryl methyl sites for hydroxylation is 1. The molecule has 0 spiro atoms. The van der Waals surface area contributed by atoms with Gasteiger partial charge in [-0.1, -0.05) is 13.3 Å². The Morgan fingerprint density at radius 2 is 2.05 bits per heavy atom. The van der Waals surface area contributed by atoms with Crippen LogP contribution in [0.4, 0.5) is 5.88 Å². The van der Waals surface area contributed by atoms with Crippen LogP contribution in [-0.4, -0.2) is 36.7 Å². The van der Waals surface area contributed by atoms with Crippen molar-refractivity contribution in [3.63, 3.8) is 0 Å². The molecule has 0 aliphatic heterocycles. The lowest BCUT2D eigenvalue weighted by molar-refractivity contribution is -0.116. The van der Waals surface area contributed by atoms with Crippen LogP contribution in [0.15, 0.2) is 4.42 Å². The third-order valence-electron chi connectivity index (χ3n) is 3.42. The maximum Gasteiger partial charge on any atom is 0.228 e. The summed E-state index contributed by atoms with van der Waals surface area (Å²) < 4.78 is 5.35. The molecule has 0 radical (unpaired) electrons. The van der Waals surface area contributed by atoms with Gasteiger partial charge in [-0.25, -0.2) is 0 Å². The van der Waals surface area contributed by atoms with Crippen LogP contribution in [0.5, 0.6) is 0 Å². The number of rotatable bonds is 8. The van der Waals surface area contributed by atoms with Gasteiger partial charge in [0.2, 0.25) is 11.8 Å². The zero-order valence-corrected chi connectivity index (χ0v) is 13.7. The van der Waals surface area contributed by atoms with Crippen LogP contribution < -0.4 is 5.32 Å². The fraction of sp³-hybridized carbons (Fsp3) is 0.562.